The molecule has 0 atom stereocenters. The predicted octanol–water partition coefficient (Wildman–Crippen LogP) is 4.93. The first-order valence-corrected chi connectivity index (χ1v) is 10.6. The highest BCUT2D eigenvalue weighted by Crippen LogP contribution is 2.48. The summed E-state index contributed by atoms with van der Waals surface area (Å²) in [6.07, 6.45) is 5.34. The van der Waals surface area contributed by atoms with Crippen LogP contribution in [-0.2, 0) is 18.4 Å². The molecule has 1 aromatic heterocycles. The van der Waals surface area contributed by atoms with E-state index in [1.807, 2.05) is 25.4 Å². The molecule has 2 heterocycles. The van der Waals surface area contributed by atoms with Crippen LogP contribution < -0.4 is 5.32 Å². The van der Waals surface area contributed by atoms with Crippen LogP contribution in [0.3, 0.4) is 0 Å². The van der Waals surface area contributed by atoms with Crippen molar-refractivity contribution in [3.63, 3.8) is 0 Å². The van der Waals surface area contributed by atoms with Crippen molar-refractivity contribution in [2.24, 2.45) is 0 Å². The Balaban J connectivity index is 1.42. The van der Waals surface area contributed by atoms with Crippen LogP contribution in [0.5, 0.6) is 0 Å². The molecule has 0 radical (unpaired) electrons. The molecule has 1 spiro atoms. The number of anilines is 1. The van der Waals surface area contributed by atoms with Crippen LogP contribution in [0.1, 0.15) is 29.5 Å². The minimum absolute atomic E-state index is 0.180. The topological polar surface area (TPSA) is 41.1 Å². The molecule has 0 amide bonds. The maximum Gasteiger partial charge on any atom is 0.222 e. The van der Waals surface area contributed by atoms with E-state index in [1.54, 1.807) is 0 Å². The summed E-state index contributed by atoms with van der Waals surface area (Å²) in [7, 11) is 1.87. The molecule has 5 heteroatoms. The molecule has 0 unspecified atom stereocenters. The second-order valence-electron chi connectivity index (χ2n) is 8.23. The molecule has 2 aliphatic rings. The molecule has 3 aromatic rings. The summed E-state index contributed by atoms with van der Waals surface area (Å²) in [5, 5.41) is 3.89. The molecule has 0 bridgehead atoms. The number of fused-ring (bicyclic) bond motifs is 4. The minimum atomic E-state index is 0.180. The zero-order chi connectivity index (χ0) is 19.8. The lowest BCUT2D eigenvalue weighted by molar-refractivity contribution is 0.150. The smallest absolute Gasteiger partial charge is 0.222 e. The first-order chi connectivity index (χ1) is 14.2. The lowest BCUT2D eigenvalue weighted by Crippen LogP contribution is -2.45. The standard InChI is InChI=1S/C24H25ClN4/c1-26-23-27-15-18-14-24(21-8-3-2-7-20(21)22(18)28-23)9-11-29(12-10-24)16-17-5-4-6-19(25)13-17/h2-8,13,15H,9-12,14,16H2,1H3,(H,26,27,28). The highest BCUT2D eigenvalue weighted by molar-refractivity contribution is 6.30. The van der Waals surface area contributed by atoms with Gasteiger partial charge in [-0.3, -0.25) is 4.90 Å². The number of halogens is 1. The van der Waals surface area contributed by atoms with Gasteiger partial charge in [0.05, 0.1) is 5.69 Å². The summed E-state index contributed by atoms with van der Waals surface area (Å²) >= 11 is 6.17. The van der Waals surface area contributed by atoms with Gasteiger partial charge in [-0.25, -0.2) is 9.97 Å². The van der Waals surface area contributed by atoms with Crippen molar-refractivity contribution in [2.45, 2.75) is 31.2 Å². The minimum Gasteiger partial charge on any atom is -0.357 e. The van der Waals surface area contributed by atoms with Crippen LogP contribution >= 0.6 is 11.6 Å². The lowest BCUT2D eigenvalue weighted by Gasteiger charge is -2.45. The van der Waals surface area contributed by atoms with Crippen molar-refractivity contribution in [3.8, 4) is 11.3 Å². The zero-order valence-electron chi connectivity index (χ0n) is 16.7. The Labute approximate surface area is 177 Å². The van der Waals surface area contributed by atoms with Gasteiger partial charge in [0.2, 0.25) is 5.95 Å². The van der Waals surface area contributed by atoms with Crippen LogP contribution in [0.25, 0.3) is 11.3 Å². The van der Waals surface area contributed by atoms with Gasteiger partial charge in [-0.2, -0.15) is 0 Å². The van der Waals surface area contributed by atoms with E-state index in [4.69, 9.17) is 16.6 Å². The number of rotatable bonds is 3. The van der Waals surface area contributed by atoms with Crippen molar-refractivity contribution >= 4 is 17.5 Å². The van der Waals surface area contributed by atoms with Crippen molar-refractivity contribution in [1.29, 1.82) is 0 Å². The molecule has 29 heavy (non-hydrogen) atoms. The maximum atomic E-state index is 6.17. The number of piperidine rings is 1. The van der Waals surface area contributed by atoms with E-state index in [2.05, 4.69) is 51.6 Å². The van der Waals surface area contributed by atoms with Crippen molar-refractivity contribution in [2.75, 3.05) is 25.5 Å². The van der Waals surface area contributed by atoms with E-state index in [1.165, 1.54) is 22.3 Å². The van der Waals surface area contributed by atoms with Crippen LogP contribution in [0.15, 0.2) is 54.7 Å². The van der Waals surface area contributed by atoms with Crippen LogP contribution in [0.4, 0.5) is 5.95 Å². The van der Waals surface area contributed by atoms with E-state index >= 15 is 0 Å². The Morgan fingerprint density at radius 1 is 1.10 bits per heavy atom. The Morgan fingerprint density at radius 2 is 1.93 bits per heavy atom. The third kappa shape index (κ3) is 3.41. The summed E-state index contributed by atoms with van der Waals surface area (Å²) in [6, 6.07) is 17.0. The van der Waals surface area contributed by atoms with Gasteiger partial charge in [-0.1, -0.05) is 48.0 Å². The van der Waals surface area contributed by atoms with Crippen LogP contribution in [0, 0.1) is 0 Å². The van der Waals surface area contributed by atoms with E-state index < -0.39 is 0 Å². The monoisotopic (exact) mass is 404 g/mol. The average molecular weight is 405 g/mol. The fourth-order valence-corrected chi connectivity index (χ4v) is 5.19. The fraction of sp³-hybridized carbons (Fsp3) is 0.333. The maximum absolute atomic E-state index is 6.17. The van der Waals surface area contributed by atoms with Gasteiger partial charge in [0.1, 0.15) is 0 Å². The van der Waals surface area contributed by atoms with Crippen molar-refractivity contribution < 1.29 is 0 Å². The fourth-order valence-electron chi connectivity index (χ4n) is 4.98. The summed E-state index contributed by atoms with van der Waals surface area (Å²) < 4.78 is 0. The molecule has 148 valence electrons. The normalized spacial score (nSPS) is 17.6. The number of nitrogens with zero attached hydrogens (tertiary/aromatic N) is 3. The SMILES string of the molecule is CNc1ncc2c(n1)-c1ccccc1C1(CCN(Cc3cccc(Cl)c3)CC1)C2. The Morgan fingerprint density at radius 3 is 2.72 bits per heavy atom. The third-order valence-corrected chi connectivity index (χ3v) is 6.71. The Kier molecular flexibility index (Phi) is 4.76. The van der Waals surface area contributed by atoms with Crippen molar-refractivity contribution in [1.82, 2.24) is 14.9 Å². The highest BCUT2D eigenvalue weighted by atomic mass is 35.5. The Bertz CT molecular complexity index is 1040. The van der Waals surface area contributed by atoms with Gasteiger partial charge in [0.25, 0.3) is 0 Å². The molecule has 5 rings (SSSR count). The molecule has 1 fully saturated rings. The Hall–Kier alpha value is -2.43. The number of aromatic nitrogens is 2. The molecule has 1 saturated heterocycles. The predicted molar refractivity (Wildman–Crippen MR) is 118 cm³/mol. The van der Waals surface area contributed by atoms with Gasteiger partial charge in [-0.15, -0.1) is 0 Å². The lowest BCUT2D eigenvalue weighted by atomic mass is 9.64. The second-order valence-corrected chi connectivity index (χ2v) is 8.66. The van der Waals surface area contributed by atoms with Gasteiger partial charge in [0, 0.05) is 35.8 Å². The third-order valence-electron chi connectivity index (χ3n) is 6.48. The molecule has 1 aliphatic heterocycles. The highest BCUT2D eigenvalue weighted by Gasteiger charge is 2.41. The quantitative estimate of drug-likeness (QED) is 0.672. The van der Waals surface area contributed by atoms with Crippen LogP contribution in [0.2, 0.25) is 5.02 Å². The molecule has 1 aliphatic carbocycles. The zero-order valence-corrected chi connectivity index (χ0v) is 17.4. The molecule has 2 aromatic carbocycles. The number of hydrogen-bond donors (Lipinski definition) is 1. The summed E-state index contributed by atoms with van der Waals surface area (Å²) in [5.41, 5.74) is 6.55. The number of likely N-dealkylation sites (tertiary alicyclic amines) is 1. The number of nitrogens with one attached hydrogen (secondary N) is 1. The molecule has 1 N–H and O–H groups in total. The summed E-state index contributed by atoms with van der Waals surface area (Å²) in [4.78, 5) is 11.8. The van der Waals surface area contributed by atoms with E-state index in [9.17, 15) is 0 Å². The molecular weight excluding hydrogens is 380 g/mol. The number of benzene rings is 2. The van der Waals surface area contributed by atoms with Crippen LogP contribution in [-0.4, -0.2) is 35.0 Å². The molecular formula is C24H25ClN4. The van der Waals surface area contributed by atoms with Crippen molar-refractivity contribution in [3.05, 3.63) is 76.4 Å². The van der Waals surface area contributed by atoms with E-state index in [0.29, 0.717) is 5.95 Å². The van der Waals surface area contributed by atoms with Gasteiger partial charge < -0.3 is 5.32 Å². The second kappa shape index (κ2) is 7.43. The van der Waals surface area contributed by atoms with E-state index in [0.717, 1.165) is 49.6 Å². The van der Waals surface area contributed by atoms with Gasteiger partial charge in [-0.05, 0) is 61.2 Å². The van der Waals surface area contributed by atoms with E-state index in [-0.39, 0.29) is 5.41 Å². The largest absolute Gasteiger partial charge is 0.357 e. The van der Waals surface area contributed by atoms with Gasteiger partial charge in [0.15, 0.2) is 0 Å². The number of hydrogen-bond acceptors (Lipinski definition) is 4. The molecule has 4 nitrogen and oxygen atoms in total. The molecule has 0 saturated carbocycles. The first kappa shape index (κ1) is 18.6. The average Bonchev–Trinajstić information content (AvgIpc) is 2.76. The summed E-state index contributed by atoms with van der Waals surface area (Å²) in [6.45, 7) is 3.14. The van der Waals surface area contributed by atoms with Gasteiger partial charge >= 0.3 is 0 Å². The first-order valence-electron chi connectivity index (χ1n) is 10.3. The summed E-state index contributed by atoms with van der Waals surface area (Å²) in [5.74, 6) is 0.686.